The second kappa shape index (κ2) is 4.19. The molecule has 2 unspecified atom stereocenters. The van der Waals surface area contributed by atoms with Crippen molar-refractivity contribution in [2.75, 3.05) is 13.1 Å². The first-order valence-corrected chi connectivity index (χ1v) is 9.90. The molecule has 3 nitrogen and oxygen atoms in total. The average molecular weight is 325 g/mol. The minimum Gasteiger partial charge on any atom is -0.508 e. The van der Waals surface area contributed by atoms with E-state index in [4.69, 9.17) is 0 Å². The van der Waals surface area contributed by atoms with Crippen LogP contribution in [0.5, 0.6) is 5.75 Å². The summed E-state index contributed by atoms with van der Waals surface area (Å²) in [6.45, 7) is 2.31. The Hall–Kier alpha value is -1.06. The summed E-state index contributed by atoms with van der Waals surface area (Å²) in [5, 5.41) is 22.0. The van der Waals surface area contributed by atoms with Crippen molar-refractivity contribution in [3.63, 3.8) is 0 Å². The van der Waals surface area contributed by atoms with E-state index in [1.165, 1.54) is 43.4 Å². The first kappa shape index (κ1) is 14.1. The van der Waals surface area contributed by atoms with Gasteiger partial charge in [-0.1, -0.05) is 25.3 Å². The zero-order valence-electron chi connectivity index (χ0n) is 14.3. The van der Waals surface area contributed by atoms with Crippen molar-refractivity contribution >= 4 is 0 Å². The van der Waals surface area contributed by atoms with Gasteiger partial charge >= 0.3 is 0 Å². The molecule has 4 aliphatic carbocycles. The first-order chi connectivity index (χ1) is 11.6. The predicted molar refractivity (Wildman–Crippen MR) is 92.2 cm³/mol. The molecule has 1 aromatic carbocycles. The topological polar surface area (TPSA) is 43.7 Å². The van der Waals surface area contributed by atoms with Crippen LogP contribution >= 0.6 is 0 Å². The van der Waals surface area contributed by atoms with E-state index in [0.717, 1.165) is 38.1 Å². The van der Waals surface area contributed by atoms with Crippen molar-refractivity contribution < 1.29 is 10.2 Å². The normalized spacial score (nSPS) is 46.0. The molecule has 3 saturated carbocycles. The van der Waals surface area contributed by atoms with E-state index in [1.807, 2.05) is 12.1 Å². The van der Waals surface area contributed by atoms with Crippen molar-refractivity contribution in [3.05, 3.63) is 29.3 Å². The summed E-state index contributed by atoms with van der Waals surface area (Å²) < 4.78 is 0. The minimum atomic E-state index is -0.575. The second-order valence-corrected chi connectivity index (χ2v) is 9.41. The number of phenolic OH excluding ortho intramolecular Hbond substituents is 1. The van der Waals surface area contributed by atoms with E-state index in [9.17, 15) is 10.2 Å². The number of likely N-dealkylation sites (tertiary alicyclic amines) is 1. The van der Waals surface area contributed by atoms with E-state index in [0.29, 0.717) is 11.8 Å². The highest BCUT2D eigenvalue weighted by Crippen LogP contribution is 2.74. The fraction of sp³-hybridized carbons (Fsp3) is 0.714. The summed E-state index contributed by atoms with van der Waals surface area (Å²) in [7, 11) is 0. The molecule has 6 rings (SSSR count). The van der Waals surface area contributed by atoms with Crippen LogP contribution in [0.4, 0.5) is 0 Å². The van der Waals surface area contributed by atoms with Gasteiger partial charge in [-0.3, -0.25) is 4.90 Å². The molecule has 3 heteroatoms. The number of aliphatic hydroxyl groups is 1. The lowest BCUT2D eigenvalue weighted by Gasteiger charge is -2.63. The molecule has 0 aromatic heterocycles. The van der Waals surface area contributed by atoms with Crippen molar-refractivity contribution in [1.29, 1.82) is 0 Å². The molecular weight excluding hydrogens is 298 g/mol. The molecule has 4 atom stereocenters. The van der Waals surface area contributed by atoms with E-state index in [-0.39, 0.29) is 10.8 Å². The summed E-state index contributed by atoms with van der Waals surface area (Å²) in [5.74, 6) is 1.23. The number of rotatable bonds is 2. The lowest BCUT2D eigenvalue weighted by molar-refractivity contribution is -0.151. The monoisotopic (exact) mass is 325 g/mol. The van der Waals surface area contributed by atoms with Gasteiger partial charge in [-0.15, -0.1) is 0 Å². The Morgan fingerprint density at radius 2 is 1.92 bits per heavy atom. The lowest BCUT2D eigenvalue weighted by Crippen LogP contribution is -2.75. The maximum atomic E-state index is 12.0. The number of phenols is 1. The molecule has 2 spiro atoms. The molecule has 0 radical (unpaired) electrons. The lowest BCUT2D eigenvalue weighted by atomic mass is 9.55. The van der Waals surface area contributed by atoms with Gasteiger partial charge in [0.05, 0.1) is 11.6 Å². The van der Waals surface area contributed by atoms with Crippen molar-refractivity contribution in [1.82, 2.24) is 4.90 Å². The number of hydrogen-bond donors (Lipinski definition) is 2. The Morgan fingerprint density at radius 1 is 1.08 bits per heavy atom. The Balaban J connectivity index is 1.49. The molecule has 1 aliphatic heterocycles. The van der Waals surface area contributed by atoms with Gasteiger partial charge in [-0.25, -0.2) is 0 Å². The van der Waals surface area contributed by atoms with E-state index in [2.05, 4.69) is 11.0 Å². The van der Waals surface area contributed by atoms with Crippen LogP contribution in [0.25, 0.3) is 0 Å². The number of aromatic hydroxyl groups is 1. The molecule has 4 fully saturated rings. The summed E-state index contributed by atoms with van der Waals surface area (Å²) in [4.78, 5) is 2.63. The molecule has 1 saturated heterocycles. The van der Waals surface area contributed by atoms with Crippen LogP contribution in [0.15, 0.2) is 18.2 Å². The SMILES string of the molecule is Oc1ccc2c(c1)C13CCCC[C@@]1(O)[C@@H]1N(CC4CCC4)CC21C3. The second-order valence-electron chi connectivity index (χ2n) is 9.41. The Bertz CT molecular complexity index is 729. The number of nitrogens with zero attached hydrogens (tertiary/aromatic N) is 1. The first-order valence-electron chi connectivity index (χ1n) is 9.90. The third kappa shape index (κ3) is 1.34. The van der Waals surface area contributed by atoms with E-state index >= 15 is 0 Å². The predicted octanol–water partition coefficient (Wildman–Crippen LogP) is 3.07. The largest absolute Gasteiger partial charge is 0.508 e. The van der Waals surface area contributed by atoms with Gasteiger partial charge in [-0.05, 0) is 61.3 Å². The Kier molecular flexibility index (Phi) is 2.47. The van der Waals surface area contributed by atoms with Crippen LogP contribution in [-0.2, 0) is 10.8 Å². The van der Waals surface area contributed by atoms with Gasteiger partial charge in [0.15, 0.2) is 0 Å². The van der Waals surface area contributed by atoms with Gasteiger partial charge in [0.1, 0.15) is 5.75 Å². The summed E-state index contributed by atoms with van der Waals surface area (Å²) in [5.41, 5.74) is 2.21. The molecular formula is C21H27NO2. The molecule has 5 aliphatic rings. The molecule has 2 bridgehead atoms. The summed E-state index contributed by atoms with van der Waals surface area (Å²) >= 11 is 0. The molecule has 1 heterocycles. The van der Waals surface area contributed by atoms with Gasteiger partial charge in [0, 0.05) is 23.9 Å². The highest BCUT2D eigenvalue weighted by molar-refractivity contribution is 5.60. The number of hydrogen-bond acceptors (Lipinski definition) is 3. The van der Waals surface area contributed by atoms with Crippen molar-refractivity contribution in [2.24, 2.45) is 5.92 Å². The minimum absolute atomic E-state index is 0.0989. The third-order valence-electron chi connectivity index (χ3n) is 8.46. The van der Waals surface area contributed by atoms with Crippen LogP contribution in [-0.4, -0.2) is 39.8 Å². The van der Waals surface area contributed by atoms with Crippen LogP contribution in [0.2, 0.25) is 0 Å². The molecule has 0 amide bonds. The van der Waals surface area contributed by atoms with Crippen LogP contribution < -0.4 is 0 Å². The van der Waals surface area contributed by atoms with E-state index in [1.54, 1.807) is 0 Å². The fourth-order valence-electron chi connectivity index (χ4n) is 7.47. The van der Waals surface area contributed by atoms with Gasteiger partial charge in [0.2, 0.25) is 0 Å². The van der Waals surface area contributed by atoms with Crippen molar-refractivity contribution in [3.8, 4) is 5.75 Å². The average Bonchev–Trinajstić information content (AvgIpc) is 2.87. The molecule has 128 valence electrons. The molecule has 2 N–H and O–H groups in total. The third-order valence-corrected chi connectivity index (χ3v) is 8.46. The Morgan fingerprint density at radius 3 is 2.71 bits per heavy atom. The highest BCUT2D eigenvalue weighted by Gasteiger charge is 2.80. The zero-order chi connectivity index (χ0) is 16.2. The highest BCUT2D eigenvalue weighted by atomic mass is 16.3. The number of fused-ring (bicyclic) bond motifs is 2. The summed E-state index contributed by atoms with van der Waals surface area (Å²) in [6, 6.07) is 6.33. The molecule has 1 aromatic rings. The van der Waals surface area contributed by atoms with Crippen LogP contribution in [0, 0.1) is 5.92 Å². The standard InChI is InChI=1S/C21H27NO2/c23-15-6-7-16-17(10-15)20-8-1-2-9-21(20,24)18-19(16,12-20)13-22(18)11-14-4-3-5-14/h6-7,10,14,18,23-24H,1-5,8-9,11-13H2/t18-,19?,20?,21-/m1/s1. The van der Waals surface area contributed by atoms with Gasteiger partial charge in [0.25, 0.3) is 0 Å². The fourth-order valence-corrected chi connectivity index (χ4v) is 7.47. The maximum absolute atomic E-state index is 12.0. The van der Waals surface area contributed by atoms with Crippen LogP contribution in [0.3, 0.4) is 0 Å². The van der Waals surface area contributed by atoms with Gasteiger partial charge < -0.3 is 10.2 Å². The number of benzene rings is 1. The van der Waals surface area contributed by atoms with E-state index < -0.39 is 5.60 Å². The van der Waals surface area contributed by atoms with Gasteiger partial charge in [-0.2, -0.15) is 0 Å². The Labute approximate surface area is 143 Å². The smallest absolute Gasteiger partial charge is 0.115 e. The zero-order valence-corrected chi connectivity index (χ0v) is 14.3. The van der Waals surface area contributed by atoms with Crippen molar-refractivity contribution in [2.45, 2.75) is 73.8 Å². The summed E-state index contributed by atoms with van der Waals surface area (Å²) in [6.07, 6.45) is 9.66. The quantitative estimate of drug-likeness (QED) is 0.878. The van der Waals surface area contributed by atoms with Crippen LogP contribution in [0.1, 0.15) is 62.5 Å². The maximum Gasteiger partial charge on any atom is 0.115 e. The molecule has 24 heavy (non-hydrogen) atoms.